The molecule has 3 aromatic carbocycles. The Labute approximate surface area is 181 Å². The van der Waals surface area contributed by atoms with Crippen LogP contribution in [0.15, 0.2) is 83.8 Å². The van der Waals surface area contributed by atoms with Crippen LogP contribution in [0.2, 0.25) is 5.02 Å². The van der Waals surface area contributed by atoms with Crippen molar-refractivity contribution >= 4 is 33.2 Å². The van der Waals surface area contributed by atoms with Gasteiger partial charge in [0.15, 0.2) is 0 Å². The first kappa shape index (κ1) is 21.7. The van der Waals surface area contributed by atoms with Crippen molar-refractivity contribution in [1.29, 1.82) is 0 Å². The Kier molecular flexibility index (Phi) is 6.97. The lowest BCUT2D eigenvalue weighted by atomic mass is 10.2. The van der Waals surface area contributed by atoms with E-state index in [1.54, 1.807) is 61.7 Å². The summed E-state index contributed by atoms with van der Waals surface area (Å²) in [6, 6.07) is 21.5. The van der Waals surface area contributed by atoms with Crippen LogP contribution in [0.25, 0.3) is 0 Å². The minimum Gasteiger partial charge on any atom is -0.497 e. The van der Waals surface area contributed by atoms with Crippen molar-refractivity contribution in [3.63, 3.8) is 0 Å². The van der Waals surface area contributed by atoms with E-state index in [4.69, 9.17) is 16.3 Å². The van der Waals surface area contributed by atoms with Gasteiger partial charge < -0.3 is 10.1 Å². The minimum absolute atomic E-state index is 0.0999. The van der Waals surface area contributed by atoms with Gasteiger partial charge >= 0.3 is 0 Å². The molecule has 1 N–H and O–H groups in total. The molecule has 3 aromatic rings. The first-order valence-corrected chi connectivity index (χ1v) is 10.9. The van der Waals surface area contributed by atoms with Crippen LogP contribution in [0, 0.1) is 0 Å². The Hall–Kier alpha value is -3.03. The summed E-state index contributed by atoms with van der Waals surface area (Å²) in [6.07, 6.45) is 0. The molecular formula is C22H21ClN2O4S. The Morgan fingerprint density at radius 1 is 0.967 bits per heavy atom. The lowest BCUT2D eigenvalue weighted by Gasteiger charge is -2.24. The number of nitrogens with one attached hydrogen (secondary N) is 1. The van der Waals surface area contributed by atoms with Crippen LogP contribution in [-0.4, -0.2) is 28.0 Å². The highest BCUT2D eigenvalue weighted by atomic mass is 35.5. The quantitative estimate of drug-likeness (QED) is 0.572. The summed E-state index contributed by atoms with van der Waals surface area (Å²) in [7, 11) is -2.36. The van der Waals surface area contributed by atoms with Gasteiger partial charge in [0.25, 0.3) is 10.0 Å². The molecule has 0 heterocycles. The molecule has 0 spiro atoms. The number of methoxy groups -OCH3 is 1. The Morgan fingerprint density at radius 3 is 2.20 bits per heavy atom. The van der Waals surface area contributed by atoms with Crippen molar-refractivity contribution in [2.45, 2.75) is 11.4 Å². The molecular weight excluding hydrogens is 424 g/mol. The number of halogens is 1. The number of nitrogens with zero attached hydrogens (tertiary/aromatic N) is 1. The molecule has 156 valence electrons. The third kappa shape index (κ3) is 5.31. The van der Waals surface area contributed by atoms with Gasteiger partial charge in [-0.1, -0.05) is 41.9 Å². The second kappa shape index (κ2) is 9.65. The molecule has 0 aliphatic rings. The van der Waals surface area contributed by atoms with Gasteiger partial charge in [-0.2, -0.15) is 0 Å². The molecule has 8 heteroatoms. The van der Waals surface area contributed by atoms with E-state index in [2.05, 4.69) is 5.32 Å². The average Bonchev–Trinajstić information content (AvgIpc) is 2.77. The predicted molar refractivity (Wildman–Crippen MR) is 117 cm³/mol. The summed E-state index contributed by atoms with van der Waals surface area (Å²) in [5, 5.41) is 3.23. The maximum absolute atomic E-state index is 13.2. The molecule has 0 radical (unpaired) electrons. The first-order valence-electron chi connectivity index (χ1n) is 9.13. The molecule has 3 rings (SSSR count). The first-order chi connectivity index (χ1) is 14.4. The van der Waals surface area contributed by atoms with Crippen LogP contribution in [0.1, 0.15) is 5.56 Å². The van der Waals surface area contributed by atoms with Gasteiger partial charge in [-0.3, -0.25) is 9.10 Å². The standard InChI is InChI=1S/C22H21ClN2O4S/c1-29-20-13-7-17(8-14-20)15-24-22(26)16-25(19-11-9-18(23)10-12-19)30(27,28)21-5-3-2-4-6-21/h2-14H,15-16H2,1H3,(H,24,26). The van der Waals surface area contributed by atoms with Crippen LogP contribution in [0.5, 0.6) is 5.75 Å². The van der Waals surface area contributed by atoms with E-state index < -0.39 is 15.9 Å². The highest BCUT2D eigenvalue weighted by Crippen LogP contribution is 2.25. The number of hydrogen-bond acceptors (Lipinski definition) is 4. The number of carbonyl (C=O) groups is 1. The van der Waals surface area contributed by atoms with E-state index in [0.29, 0.717) is 16.5 Å². The van der Waals surface area contributed by atoms with Gasteiger partial charge in [0.2, 0.25) is 5.91 Å². The van der Waals surface area contributed by atoms with Crippen molar-refractivity contribution in [2.75, 3.05) is 18.0 Å². The summed E-state index contributed by atoms with van der Waals surface area (Å²) in [5.41, 5.74) is 1.22. The molecule has 6 nitrogen and oxygen atoms in total. The number of anilines is 1. The van der Waals surface area contributed by atoms with Crippen molar-refractivity contribution in [2.24, 2.45) is 0 Å². The molecule has 0 saturated heterocycles. The number of amides is 1. The Balaban J connectivity index is 1.79. The van der Waals surface area contributed by atoms with Crippen molar-refractivity contribution in [1.82, 2.24) is 5.32 Å². The molecule has 0 saturated carbocycles. The zero-order chi connectivity index (χ0) is 21.6. The van der Waals surface area contributed by atoms with E-state index in [9.17, 15) is 13.2 Å². The summed E-state index contributed by atoms with van der Waals surface area (Å²) in [6.45, 7) is -0.0995. The van der Waals surface area contributed by atoms with E-state index in [0.717, 1.165) is 9.87 Å². The average molecular weight is 445 g/mol. The monoisotopic (exact) mass is 444 g/mol. The summed E-state index contributed by atoms with van der Waals surface area (Å²) < 4.78 is 32.6. The zero-order valence-electron chi connectivity index (χ0n) is 16.3. The van der Waals surface area contributed by atoms with E-state index >= 15 is 0 Å². The van der Waals surface area contributed by atoms with Crippen LogP contribution >= 0.6 is 11.6 Å². The number of ether oxygens (including phenoxy) is 1. The molecule has 0 aromatic heterocycles. The van der Waals surface area contributed by atoms with E-state index in [1.165, 1.54) is 12.1 Å². The lowest BCUT2D eigenvalue weighted by Crippen LogP contribution is -2.40. The second-order valence-electron chi connectivity index (χ2n) is 6.43. The second-order valence-corrected chi connectivity index (χ2v) is 8.72. The smallest absolute Gasteiger partial charge is 0.264 e. The highest BCUT2D eigenvalue weighted by Gasteiger charge is 2.27. The number of benzene rings is 3. The van der Waals surface area contributed by atoms with Crippen molar-refractivity contribution in [3.05, 3.63) is 89.4 Å². The van der Waals surface area contributed by atoms with Gasteiger partial charge in [0, 0.05) is 11.6 Å². The van der Waals surface area contributed by atoms with Crippen molar-refractivity contribution in [3.8, 4) is 5.75 Å². The molecule has 0 bridgehead atoms. The van der Waals surface area contributed by atoms with Crippen molar-refractivity contribution < 1.29 is 17.9 Å². The zero-order valence-corrected chi connectivity index (χ0v) is 17.9. The van der Waals surface area contributed by atoms with Gasteiger partial charge in [0.05, 0.1) is 17.7 Å². The van der Waals surface area contributed by atoms with Gasteiger partial charge in [-0.25, -0.2) is 8.42 Å². The Morgan fingerprint density at radius 2 is 1.60 bits per heavy atom. The summed E-state index contributed by atoms with van der Waals surface area (Å²) in [5.74, 6) is 0.285. The fourth-order valence-electron chi connectivity index (χ4n) is 2.77. The molecule has 0 aliphatic heterocycles. The summed E-state index contributed by atoms with van der Waals surface area (Å²) in [4.78, 5) is 12.7. The fraction of sp³-hybridized carbons (Fsp3) is 0.136. The van der Waals surface area contributed by atoms with Gasteiger partial charge in [-0.15, -0.1) is 0 Å². The SMILES string of the molecule is COc1ccc(CNC(=O)CN(c2ccc(Cl)cc2)S(=O)(=O)c2ccccc2)cc1. The number of sulfonamides is 1. The van der Waals surface area contributed by atoms with Crippen LogP contribution < -0.4 is 14.4 Å². The number of hydrogen-bond donors (Lipinski definition) is 1. The third-order valence-corrected chi connectivity index (χ3v) is 6.42. The third-order valence-electron chi connectivity index (χ3n) is 4.38. The van der Waals surface area contributed by atoms with Crippen LogP contribution in [-0.2, 0) is 21.4 Å². The Bertz CT molecular complexity index is 1090. The minimum atomic E-state index is -3.94. The summed E-state index contributed by atoms with van der Waals surface area (Å²) >= 11 is 5.94. The maximum Gasteiger partial charge on any atom is 0.264 e. The molecule has 1 amide bonds. The molecule has 0 aliphatic carbocycles. The van der Waals surface area contributed by atoms with Crippen LogP contribution in [0.3, 0.4) is 0 Å². The van der Waals surface area contributed by atoms with Crippen LogP contribution in [0.4, 0.5) is 5.69 Å². The lowest BCUT2D eigenvalue weighted by molar-refractivity contribution is -0.119. The molecule has 0 atom stereocenters. The topological polar surface area (TPSA) is 75.7 Å². The predicted octanol–water partition coefficient (Wildman–Crippen LogP) is 3.86. The van der Waals surface area contributed by atoms with E-state index in [1.807, 2.05) is 12.1 Å². The maximum atomic E-state index is 13.2. The van der Waals surface area contributed by atoms with Gasteiger partial charge in [0.1, 0.15) is 12.3 Å². The molecule has 0 fully saturated rings. The number of rotatable bonds is 8. The normalized spacial score (nSPS) is 11.0. The molecule has 30 heavy (non-hydrogen) atoms. The largest absolute Gasteiger partial charge is 0.497 e. The van der Waals surface area contributed by atoms with E-state index in [-0.39, 0.29) is 18.0 Å². The molecule has 0 unspecified atom stereocenters. The highest BCUT2D eigenvalue weighted by molar-refractivity contribution is 7.92. The fourth-order valence-corrected chi connectivity index (χ4v) is 4.34. The van der Waals surface area contributed by atoms with Gasteiger partial charge in [-0.05, 0) is 54.1 Å². The number of carbonyl (C=O) groups excluding carboxylic acids is 1.